The molecule has 0 fully saturated rings. The van der Waals surface area contributed by atoms with Gasteiger partial charge < -0.3 is 15.4 Å². The van der Waals surface area contributed by atoms with Crippen LogP contribution in [0, 0.1) is 0 Å². The van der Waals surface area contributed by atoms with Crippen LogP contribution >= 0.6 is 11.5 Å². The van der Waals surface area contributed by atoms with Crippen LogP contribution in [-0.4, -0.2) is 42.9 Å². The highest BCUT2D eigenvalue weighted by Crippen LogP contribution is 2.09. The summed E-state index contributed by atoms with van der Waals surface area (Å²) in [5.41, 5.74) is 1.12. The molecule has 0 spiro atoms. The van der Waals surface area contributed by atoms with Gasteiger partial charge in [-0.05, 0) is 18.0 Å². The van der Waals surface area contributed by atoms with Gasteiger partial charge in [-0.15, -0.1) is 5.10 Å². The summed E-state index contributed by atoms with van der Waals surface area (Å²) < 4.78 is 8.89. The number of rotatable bonds is 9. The summed E-state index contributed by atoms with van der Waals surface area (Å²) in [6, 6.07) is 0. The Labute approximate surface area is 101 Å². The maximum Gasteiger partial charge on any atom is 0.0797 e. The van der Waals surface area contributed by atoms with Crippen molar-refractivity contribution in [3.63, 3.8) is 0 Å². The van der Waals surface area contributed by atoms with Crippen molar-refractivity contribution in [3.8, 4) is 0 Å². The summed E-state index contributed by atoms with van der Waals surface area (Å²) >= 11 is 1.48. The lowest BCUT2D eigenvalue weighted by atomic mass is 10.3. The van der Waals surface area contributed by atoms with Crippen LogP contribution in [0.15, 0.2) is 0 Å². The Hall–Kier alpha value is -0.560. The molecule has 0 saturated carbocycles. The summed E-state index contributed by atoms with van der Waals surface area (Å²) in [7, 11) is 1.71. The van der Waals surface area contributed by atoms with E-state index in [1.54, 1.807) is 7.11 Å². The Morgan fingerprint density at radius 2 is 2.06 bits per heavy atom. The highest BCUT2D eigenvalue weighted by atomic mass is 32.1. The molecule has 1 heterocycles. The molecule has 92 valence electrons. The predicted molar refractivity (Wildman–Crippen MR) is 65.7 cm³/mol. The molecule has 0 bridgehead atoms. The zero-order chi connectivity index (χ0) is 11.6. The van der Waals surface area contributed by atoms with Gasteiger partial charge in [0.05, 0.1) is 17.2 Å². The number of aryl methyl sites for hydroxylation is 1. The number of methoxy groups -OCH3 is 1. The maximum atomic E-state index is 4.94. The van der Waals surface area contributed by atoms with Crippen molar-refractivity contribution < 1.29 is 4.74 Å². The van der Waals surface area contributed by atoms with Gasteiger partial charge in [0.1, 0.15) is 0 Å². The molecule has 0 aromatic carbocycles. The number of aromatic nitrogens is 2. The molecule has 6 heteroatoms. The molecule has 0 aliphatic carbocycles. The highest BCUT2D eigenvalue weighted by molar-refractivity contribution is 7.05. The van der Waals surface area contributed by atoms with Crippen LogP contribution < -0.4 is 10.6 Å². The molecule has 0 saturated heterocycles. The SMILES string of the molecule is CCc1nnsc1CNCCNCCOC. The minimum Gasteiger partial charge on any atom is -0.383 e. The Balaban J connectivity index is 2.03. The summed E-state index contributed by atoms with van der Waals surface area (Å²) in [6.45, 7) is 6.54. The van der Waals surface area contributed by atoms with E-state index < -0.39 is 0 Å². The average molecular weight is 244 g/mol. The van der Waals surface area contributed by atoms with Crippen molar-refractivity contribution in [1.82, 2.24) is 20.2 Å². The smallest absolute Gasteiger partial charge is 0.0797 e. The fourth-order valence-corrected chi connectivity index (χ4v) is 2.00. The molecule has 1 aromatic heterocycles. The van der Waals surface area contributed by atoms with Gasteiger partial charge in [-0.2, -0.15) is 0 Å². The van der Waals surface area contributed by atoms with Crippen molar-refractivity contribution >= 4 is 11.5 Å². The second-order valence-corrected chi connectivity index (χ2v) is 4.25. The minimum absolute atomic E-state index is 0.763. The molecular formula is C10H20N4OS. The Morgan fingerprint density at radius 3 is 2.81 bits per heavy atom. The molecule has 0 aliphatic rings. The zero-order valence-corrected chi connectivity index (χ0v) is 10.8. The topological polar surface area (TPSA) is 59.1 Å². The van der Waals surface area contributed by atoms with Crippen molar-refractivity contribution in [2.75, 3.05) is 33.4 Å². The first kappa shape index (κ1) is 13.5. The summed E-state index contributed by atoms with van der Waals surface area (Å²) in [5, 5.41) is 10.7. The van der Waals surface area contributed by atoms with Gasteiger partial charge >= 0.3 is 0 Å². The van der Waals surface area contributed by atoms with E-state index in [4.69, 9.17) is 4.74 Å². The third-order valence-electron chi connectivity index (χ3n) is 2.22. The average Bonchev–Trinajstić information content (AvgIpc) is 2.75. The molecule has 1 aromatic rings. The van der Waals surface area contributed by atoms with Gasteiger partial charge in [0.25, 0.3) is 0 Å². The second-order valence-electron chi connectivity index (χ2n) is 3.42. The fraction of sp³-hybridized carbons (Fsp3) is 0.800. The van der Waals surface area contributed by atoms with Crippen molar-refractivity contribution in [2.45, 2.75) is 19.9 Å². The molecule has 16 heavy (non-hydrogen) atoms. The van der Waals surface area contributed by atoms with Crippen molar-refractivity contribution in [3.05, 3.63) is 10.6 Å². The quantitative estimate of drug-likeness (QED) is 0.617. The van der Waals surface area contributed by atoms with E-state index in [1.165, 1.54) is 16.4 Å². The van der Waals surface area contributed by atoms with Crippen LogP contribution in [0.3, 0.4) is 0 Å². The number of hydrogen-bond acceptors (Lipinski definition) is 6. The van der Waals surface area contributed by atoms with E-state index in [0.29, 0.717) is 0 Å². The van der Waals surface area contributed by atoms with Crippen LogP contribution in [0.1, 0.15) is 17.5 Å². The normalized spacial score (nSPS) is 10.9. The van der Waals surface area contributed by atoms with Gasteiger partial charge in [0, 0.05) is 33.3 Å². The standard InChI is InChI=1S/C10H20N4OS/c1-3-9-10(16-14-13-9)8-12-5-4-11-6-7-15-2/h11-12H,3-8H2,1-2H3. The molecule has 0 atom stereocenters. The summed E-state index contributed by atoms with van der Waals surface area (Å²) in [5.74, 6) is 0. The molecule has 0 amide bonds. The van der Waals surface area contributed by atoms with E-state index in [0.717, 1.165) is 44.9 Å². The predicted octanol–water partition coefficient (Wildman–Crippen LogP) is 0.426. The molecule has 5 nitrogen and oxygen atoms in total. The largest absolute Gasteiger partial charge is 0.383 e. The second kappa shape index (κ2) is 8.58. The van der Waals surface area contributed by atoms with Crippen LogP contribution in [0.4, 0.5) is 0 Å². The molecular weight excluding hydrogens is 224 g/mol. The van der Waals surface area contributed by atoms with E-state index >= 15 is 0 Å². The Bertz CT molecular complexity index is 280. The number of hydrogen-bond donors (Lipinski definition) is 2. The first-order valence-corrected chi connectivity index (χ1v) is 6.36. The van der Waals surface area contributed by atoms with Gasteiger partial charge in [-0.25, -0.2) is 0 Å². The van der Waals surface area contributed by atoms with E-state index in [1.807, 2.05) is 0 Å². The highest BCUT2D eigenvalue weighted by Gasteiger charge is 2.04. The summed E-state index contributed by atoms with van der Waals surface area (Å²) in [6.07, 6.45) is 0.958. The van der Waals surface area contributed by atoms with E-state index in [2.05, 4.69) is 27.1 Å². The third-order valence-corrected chi connectivity index (χ3v) is 2.98. The summed E-state index contributed by atoms with van der Waals surface area (Å²) in [4.78, 5) is 1.25. The first-order valence-electron chi connectivity index (χ1n) is 5.59. The number of nitrogens with zero attached hydrogens (tertiary/aromatic N) is 2. The molecule has 2 N–H and O–H groups in total. The molecule has 0 radical (unpaired) electrons. The van der Waals surface area contributed by atoms with Crippen LogP contribution in [0.5, 0.6) is 0 Å². The Morgan fingerprint density at radius 1 is 1.25 bits per heavy atom. The number of ether oxygens (including phenoxy) is 1. The molecule has 1 rings (SSSR count). The van der Waals surface area contributed by atoms with Crippen LogP contribution in [0.2, 0.25) is 0 Å². The van der Waals surface area contributed by atoms with E-state index in [9.17, 15) is 0 Å². The fourth-order valence-electron chi connectivity index (χ4n) is 1.31. The molecule has 0 aliphatic heterocycles. The zero-order valence-electron chi connectivity index (χ0n) is 9.95. The van der Waals surface area contributed by atoms with E-state index in [-0.39, 0.29) is 0 Å². The number of nitrogens with one attached hydrogen (secondary N) is 2. The van der Waals surface area contributed by atoms with Gasteiger partial charge in [0.15, 0.2) is 0 Å². The molecule has 0 unspecified atom stereocenters. The Kier molecular flexibility index (Phi) is 7.24. The first-order chi connectivity index (χ1) is 7.88. The minimum atomic E-state index is 0.763. The monoisotopic (exact) mass is 244 g/mol. The lowest BCUT2D eigenvalue weighted by molar-refractivity contribution is 0.199. The van der Waals surface area contributed by atoms with Crippen LogP contribution in [0.25, 0.3) is 0 Å². The van der Waals surface area contributed by atoms with Gasteiger partial charge in [-0.1, -0.05) is 11.4 Å². The van der Waals surface area contributed by atoms with Gasteiger partial charge in [-0.3, -0.25) is 0 Å². The third kappa shape index (κ3) is 4.98. The van der Waals surface area contributed by atoms with Crippen molar-refractivity contribution in [1.29, 1.82) is 0 Å². The van der Waals surface area contributed by atoms with Crippen LogP contribution in [-0.2, 0) is 17.7 Å². The lowest BCUT2D eigenvalue weighted by Crippen LogP contribution is -2.29. The maximum absolute atomic E-state index is 4.94. The lowest BCUT2D eigenvalue weighted by Gasteiger charge is -2.05. The van der Waals surface area contributed by atoms with Crippen molar-refractivity contribution in [2.24, 2.45) is 0 Å². The van der Waals surface area contributed by atoms with Gasteiger partial charge in [0.2, 0.25) is 0 Å².